The standard InChI is InChI=1S/C10H8F6O3S/c11-9(12,13)4-6-1-7(5-10(14,15)16)3-8(2-6)20(17,18)19/h1-3H,4-5H2,(H,17,18,19). The van der Waals surface area contributed by atoms with Gasteiger partial charge in [-0.3, -0.25) is 4.55 Å². The number of alkyl halides is 6. The SMILES string of the molecule is O=S(=O)(O)c1cc(CC(F)(F)F)cc(CC(F)(F)F)c1. The van der Waals surface area contributed by atoms with Gasteiger partial charge in [-0.2, -0.15) is 34.8 Å². The van der Waals surface area contributed by atoms with E-state index in [0.29, 0.717) is 18.2 Å². The zero-order chi connectivity index (χ0) is 15.8. The number of halogens is 6. The Bertz CT molecular complexity index is 554. The van der Waals surface area contributed by atoms with Gasteiger partial charge in [0.2, 0.25) is 0 Å². The third-order valence-electron chi connectivity index (χ3n) is 2.13. The molecule has 1 N–H and O–H groups in total. The third-order valence-corrected chi connectivity index (χ3v) is 2.96. The van der Waals surface area contributed by atoms with Crippen molar-refractivity contribution in [3.8, 4) is 0 Å². The fourth-order valence-electron chi connectivity index (χ4n) is 1.54. The second kappa shape index (κ2) is 5.24. The molecule has 10 heteroatoms. The molecule has 0 amide bonds. The normalized spacial score (nSPS) is 13.6. The molecule has 0 aromatic heterocycles. The van der Waals surface area contributed by atoms with Crippen molar-refractivity contribution in [2.75, 3.05) is 0 Å². The van der Waals surface area contributed by atoms with E-state index in [1.807, 2.05) is 0 Å². The summed E-state index contributed by atoms with van der Waals surface area (Å²) in [6.45, 7) is 0. The Kier molecular flexibility index (Phi) is 4.39. The van der Waals surface area contributed by atoms with Crippen molar-refractivity contribution in [1.82, 2.24) is 0 Å². The molecule has 0 spiro atoms. The fourth-order valence-corrected chi connectivity index (χ4v) is 2.15. The first-order valence-corrected chi connectivity index (χ1v) is 6.44. The van der Waals surface area contributed by atoms with E-state index in [1.54, 1.807) is 0 Å². The minimum atomic E-state index is -4.89. The summed E-state index contributed by atoms with van der Waals surface area (Å²) in [6, 6.07) is 1.58. The van der Waals surface area contributed by atoms with Gasteiger partial charge in [0.1, 0.15) is 0 Å². The Morgan fingerprint density at radius 3 is 1.45 bits per heavy atom. The summed E-state index contributed by atoms with van der Waals surface area (Å²) in [5.41, 5.74) is -1.35. The number of rotatable bonds is 3. The lowest BCUT2D eigenvalue weighted by Crippen LogP contribution is -2.15. The van der Waals surface area contributed by atoms with Crippen molar-refractivity contribution in [2.45, 2.75) is 30.1 Å². The number of hydrogen-bond acceptors (Lipinski definition) is 2. The van der Waals surface area contributed by atoms with Crippen LogP contribution in [-0.4, -0.2) is 25.3 Å². The van der Waals surface area contributed by atoms with Crippen LogP contribution in [0.2, 0.25) is 0 Å². The van der Waals surface area contributed by atoms with Gasteiger partial charge in [0, 0.05) is 0 Å². The fraction of sp³-hybridized carbons (Fsp3) is 0.400. The van der Waals surface area contributed by atoms with Crippen LogP contribution in [0.5, 0.6) is 0 Å². The first-order chi connectivity index (χ1) is 8.76. The Morgan fingerprint density at radius 1 is 0.850 bits per heavy atom. The molecule has 1 aromatic rings. The molecule has 1 rings (SSSR count). The average Bonchev–Trinajstić information content (AvgIpc) is 2.09. The Hall–Kier alpha value is -1.29. The van der Waals surface area contributed by atoms with Crippen molar-refractivity contribution in [1.29, 1.82) is 0 Å². The second-order valence-corrected chi connectivity index (χ2v) is 5.47. The van der Waals surface area contributed by atoms with Gasteiger partial charge < -0.3 is 0 Å². The maximum Gasteiger partial charge on any atom is 0.393 e. The van der Waals surface area contributed by atoms with Gasteiger partial charge in [-0.25, -0.2) is 0 Å². The van der Waals surface area contributed by atoms with E-state index in [9.17, 15) is 34.8 Å². The maximum atomic E-state index is 12.2. The summed E-state index contributed by atoms with van der Waals surface area (Å²) in [7, 11) is -4.89. The minimum Gasteiger partial charge on any atom is -0.282 e. The van der Waals surface area contributed by atoms with Crippen molar-refractivity contribution < 1.29 is 39.3 Å². The van der Waals surface area contributed by atoms with Gasteiger partial charge in [0.05, 0.1) is 17.7 Å². The molecule has 0 saturated heterocycles. The van der Waals surface area contributed by atoms with Crippen LogP contribution in [0, 0.1) is 0 Å². The van der Waals surface area contributed by atoms with E-state index in [0.717, 1.165) is 0 Å². The lowest BCUT2D eigenvalue weighted by molar-refractivity contribution is -0.127. The molecule has 3 nitrogen and oxygen atoms in total. The Morgan fingerprint density at radius 2 is 1.20 bits per heavy atom. The summed E-state index contributed by atoms with van der Waals surface area (Å²) in [5, 5.41) is 0. The molecule has 0 saturated carbocycles. The van der Waals surface area contributed by atoms with E-state index < -0.39 is 51.3 Å². The van der Waals surface area contributed by atoms with Gasteiger partial charge in [0.15, 0.2) is 0 Å². The maximum absolute atomic E-state index is 12.2. The van der Waals surface area contributed by atoms with Crippen LogP contribution in [-0.2, 0) is 23.0 Å². The molecular weight excluding hydrogens is 314 g/mol. The van der Waals surface area contributed by atoms with Gasteiger partial charge >= 0.3 is 12.4 Å². The van der Waals surface area contributed by atoms with Crippen LogP contribution < -0.4 is 0 Å². The molecule has 0 aliphatic heterocycles. The third kappa shape index (κ3) is 5.78. The largest absolute Gasteiger partial charge is 0.393 e. The van der Waals surface area contributed by atoms with Crippen LogP contribution >= 0.6 is 0 Å². The highest BCUT2D eigenvalue weighted by atomic mass is 32.2. The molecular formula is C10H8F6O3S. The van der Waals surface area contributed by atoms with Gasteiger partial charge in [0.25, 0.3) is 10.1 Å². The number of benzene rings is 1. The monoisotopic (exact) mass is 322 g/mol. The van der Waals surface area contributed by atoms with Crippen LogP contribution in [0.4, 0.5) is 26.3 Å². The average molecular weight is 322 g/mol. The zero-order valence-corrected chi connectivity index (χ0v) is 10.4. The second-order valence-electron chi connectivity index (χ2n) is 4.04. The van der Waals surface area contributed by atoms with Gasteiger partial charge in [-0.15, -0.1) is 0 Å². The molecule has 0 bridgehead atoms. The number of hydrogen-bond donors (Lipinski definition) is 1. The lowest BCUT2D eigenvalue weighted by Gasteiger charge is -2.12. The first-order valence-electron chi connectivity index (χ1n) is 5.00. The molecule has 20 heavy (non-hydrogen) atoms. The van der Waals surface area contributed by atoms with E-state index in [-0.39, 0.29) is 0 Å². The van der Waals surface area contributed by atoms with Gasteiger partial charge in [-0.1, -0.05) is 6.07 Å². The molecule has 0 heterocycles. The Balaban J connectivity index is 3.29. The molecule has 0 radical (unpaired) electrons. The molecule has 114 valence electrons. The topological polar surface area (TPSA) is 54.4 Å². The van der Waals surface area contributed by atoms with Crippen molar-refractivity contribution in [3.05, 3.63) is 29.3 Å². The molecule has 0 aliphatic carbocycles. The van der Waals surface area contributed by atoms with E-state index in [2.05, 4.69) is 0 Å². The summed E-state index contributed by atoms with van der Waals surface area (Å²) in [5.74, 6) is 0. The highest BCUT2D eigenvalue weighted by Crippen LogP contribution is 2.27. The minimum absolute atomic E-state index is 0.489. The van der Waals surface area contributed by atoms with Crippen molar-refractivity contribution >= 4 is 10.1 Å². The quantitative estimate of drug-likeness (QED) is 0.687. The Labute approximate surface area is 110 Å². The summed E-state index contributed by atoms with van der Waals surface area (Å²) in [4.78, 5) is -1.00. The van der Waals surface area contributed by atoms with Crippen molar-refractivity contribution in [2.24, 2.45) is 0 Å². The van der Waals surface area contributed by atoms with Crippen LogP contribution in [0.3, 0.4) is 0 Å². The predicted molar refractivity (Wildman–Crippen MR) is 55.8 cm³/mol. The van der Waals surface area contributed by atoms with E-state index in [4.69, 9.17) is 4.55 Å². The molecule has 0 atom stereocenters. The lowest BCUT2D eigenvalue weighted by atomic mass is 10.1. The van der Waals surface area contributed by atoms with E-state index in [1.165, 1.54) is 0 Å². The summed E-state index contributed by atoms with van der Waals surface area (Å²) in [6.07, 6.45) is -12.6. The molecule has 0 fully saturated rings. The summed E-state index contributed by atoms with van der Waals surface area (Å²) < 4.78 is 104. The van der Waals surface area contributed by atoms with Crippen LogP contribution in [0.1, 0.15) is 11.1 Å². The van der Waals surface area contributed by atoms with Crippen LogP contribution in [0.15, 0.2) is 23.1 Å². The van der Waals surface area contributed by atoms with E-state index >= 15 is 0 Å². The zero-order valence-electron chi connectivity index (χ0n) is 9.59. The summed E-state index contributed by atoms with van der Waals surface area (Å²) >= 11 is 0. The smallest absolute Gasteiger partial charge is 0.282 e. The van der Waals surface area contributed by atoms with Crippen molar-refractivity contribution in [3.63, 3.8) is 0 Å². The molecule has 1 aromatic carbocycles. The first kappa shape index (κ1) is 16.8. The highest BCUT2D eigenvalue weighted by molar-refractivity contribution is 7.85. The van der Waals surface area contributed by atoms with Crippen LogP contribution in [0.25, 0.3) is 0 Å². The molecule has 0 unspecified atom stereocenters. The molecule has 0 aliphatic rings. The predicted octanol–water partition coefficient (Wildman–Crippen LogP) is 3.14. The van der Waals surface area contributed by atoms with Gasteiger partial charge in [-0.05, 0) is 23.3 Å². The highest BCUT2D eigenvalue weighted by Gasteiger charge is 2.31.